The van der Waals surface area contributed by atoms with Gasteiger partial charge in [-0.3, -0.25) is 9.59 Å². The predicted octanol–water partition coefficient (Wildman–Crippen LogP) is 12.3. The molecule has 0 radical (unpaired) electrons. The number of carbonyl (C=O) groups excluding carboxylic acids is 2. The molecule has 0 fully saturated rings. The molecule has 0 heterocycles. The number of hydrogen-bond acceptors (Lipinski definition) is 6. The van der Waals surface area contributed by atoms with Gasteiger partial charge in [0.05, 0.1) is 34.4 Å². The van der Waals surface area contributed by atoms with Crippen molar-refractivity contribution in [2.45, 2.75) is 225 Å². The summed E-state index contributed by atoms with van der Waals surface area (Å²) in [6.45, 7) is 4.69. The maximum Gasteiger partial charge on any atom is 0.362 e. The first-order valence-corrected chi connectivity index (χ1v) is 22.7. The Kier molecular flexibility index (Phi) is 36.6. The third-order valence-electron chi connectivity index (χ3n) is 10.4. The van der Waals surface area contributed by atoms with E-state index in [9.17, 15) is 19.5 Å². The van der Waals surface area contributed by atoms with Gasteiger partial charge in [0.1, 0.15) is 6.61 Å². The Balaban J connectivity index is 4.18. The van der Waals surface area contributed by atoms with Crippen molar-refractivity contribution in [3.8, 4) is 0 Å². The normalized spacial score (nSPS) is 13.0. The summed E-state index contributed by atoms with van der Waals surface area (Å²) < 4.78 is 17.3. The monoisotopic (exact) mass is 767 g/mol. The summed E-state index contributed by atoms with van der Waals surface area (Å²) in [5, 5.41) is 9.60. The van der Waals surface area contributed by atoms with Crippen LogP contribution in [-0.4, -0.2) is 80.6 Å². The number of ether oxygens (including phenoxy) is 3. The largest absolute Gasteiger partial charge is 0.477 e. The van der Waals surface area contributed by atoms with Crippen molar-refractivity contribution in [2.24, 2.45) is 0 Å². The van der Waals surface area contributed by atoms with Gasteiger partial charge < -0.3 is 23.8 Å². The van der Waals surface area contributed by atoms with Crippen molar-refractivity contribution in [1.29, 1.82) is 0 Å². The zero-order chi connectivity index (χ0) is 40.0. The molecule has 0 aromatic heterocycles. The molecule has 8 heteroatoms. The lowest BCUT2D eigenvalue weighted by Crippen LogP contribution is -2.50. The summed E-state index contributed by atoms with van der Waals surface area (Å²) in [5.74, 6) is -1.47. The van der Waals surface area contributed by atoms with Crippen molar-refractivity contribution in [3.63, 3.8) is 0 Å². The Bertz CT molecular complexity index is 900. The highest BCUT2D eigenvalue weighted by Crippen LogP contribution is 2.16. The van der Waals surface area contributed by atoms with Gasteiger partial charge in [-0.25, -0.2) is 4.79 Å². The molecule has 0 aliphatic rings. The van der Waals surface area contributed by atoms with Crippen LogP contribution in [0.5, 0.6) is 0 Å². The number of carboxylic acid groups (broad SMARTS) is 1. The van der Waals surface area contributed by atoms with Crippen LogP contribution < -0.4 is 0 Å². The Morgan fingerprint density at radius 1 is 0.537 bits per heavy atom. The van der Waals surface area contributed by atoms with Gasteiger partial charge in [-0.05, 0) is 32.1 Å². The molecule has 8 nitrogen and oxygen atoms in total. The maximum absolute atomic E-state index is 12.7. The Morgan fingerprint density at radius 2 is 0.963 bits per heavy atom. The first-order chi connectivity index (χ1) is 26.1. The fourth-order valence-electron chi connectivity index (χ4n) is 6.86. The molecule has 0 aromatic rings. The first-order valence-electron chi connectivity index (χ1n) is 22.7. The van der Waals surface area contributed by atoms with E-state index in [2.05, 4.69) is 26.0 Å². The van der Waals surface area contributed by atoms with Crippen molar-refractivity contribution >= 4 is 17.9 Å². The summed E-state index contributed by atoms with van der Waals surface area (Å²) in [7, 11) is 5.53. The van der Waals surface area contributed by atoms with Crippen LogP contribution in [0.3, 0.4) is 0 Å². The van der Waals surface area contributed by atoms with E-state index in [1.165, 1.54) is 122 Å². The second-order valence-electron chi connectivity index (χ2n) is 16.7. The van der Waals surface area contributed by atoms with Gasteiger partial charge in [-0.1, -0.05) is 174 Å². The molecule has 54 heavy (non-hydrogen) atoms. The number of quaternary nitrogens is 1. The zero-order valence-electron chi connectivity index (χ0n) is 36.2. The topological polar surface area (TPSA) is 99.1 Å². The molecule has 1 N–H and O–H groups in total. The zero-order valence-corrected chi connectivity index (χ0v) is 36.2. The van der Waals surface area contributed by atoms with Gasteiger partial charge in [-0.15, -0.1) is 0 Å². The van der Waals surface area contributed by atoms with Gasteiger partial charge in [0.15, 0.2) is 12.1 Å². The average Bonchev–Trinajstić information content (AvgIpc) is 3.12. The number of hydrogen-bond donors (Lipinski definition) is 1. The number of rotatable bonds is 41. The van der Waals surface area contributed by atoms with E-state index < -0.39 is 18.1 Å². The minimum absolute atomic E-state index is 0.0486. The molecule has 2 atom stereocenters. The molecule has 0 aliphatic heterocycles. The van der Waals surface area contributed by atoms with E-state index in [1.54, 1.807) is 0 Å². The molecule has 0 amide bonds. The lowest BCUT2D eigenvalue weighted by molar-refractivity contribution is -0.887. The number of nitrogens with zero attached hydrogens (tertiary/aromatic N) is 1. The van der Waals surface area contributed by atoms with Gasteiger partial charge in [-0.2, -0.15) is 0 Å². The predicted molar refractivity (Wildman–Crippen MR) is 225 cm³/mol. The lowest BCUT2D eigenvalue weighted by Gasteiger charge is -2.31. The fourth-order valence-corrected chi connectivity index (χ4v) is 6.86. The van der Waals surface area contributed by atoms with E-state index in [0.29, 0.717) is 19.3 Å². The molecule has 2 unspecified atom stereocenters. The maximum atomic E-state index is 12.7. The van der Waals surface area contributed by atoms with E-state index >= 15 is 0 Å². The van der Waals surface area contributed by atoms with Crippen molar-refractivity contribution in [3.05, 3.63) is 12.2 Å². The minimum Gasteiger partial charge on any atom is -0.477 e. The molecule has 0 aromatic carbocycles. The van der Waals surface area contributed by atoms with E-state index in [1.807, 2.05) is 21.1 Å². The molecular formula is C46H88NO7+. The standard InChI is InChI=1S/C46H87NO7/c1-6-8-10-12-14-16-18-19-20-21-22-23-24-25-26-27-29-30-32-34-36-44(48)53-41-42(40-52-39-38-43(46(50)51)47(3,4)5)54-45(49)37-35-33-31-28-17-15-13-11-9-7-2/h11,13,42-43H,6-10,12,14-41H2,1-5H3/p+1/b13-11-. The number of unbranched alkanes of at least 4 members (excludes halogenated alkanes) is 25. The lowest BCUT2D eigenvalue weighted by atomic mass is 10.0. The first kappa shape index (κ1) is 52.1. The summed E-state index contributed by atoms with van der Waals surface area (Å²) in [5.41, 5.74) is 0. The second kappa shape index (κ2) is 38.0. The molecule has 0 spiro atoms. The van der Waals surface area contributed by atoms with Crippen LogP contribution in [0, 0.1) is 0 Å². The van der Waals surface area contributed by atoms with Crippen LogP contribution >= 0.6 is 0 Å². The van der Waals surface area contributed by atoms with Crippen molar-refractivity contribution in [2.75, 3.05) is 41.0 Å². The van der Waals surface area contributed by atoms with Gasteiger partial charge in [0, 0.05) is 19.3 Å². The van der Waals surface area contributed by atoms with Crippen LogP contribution in [0.25, 0.3) is 0 Å². The molecule has 318 valence electrons. The Morgan fingerprint density at radius 3 is 1.41 bits per heavy atom. The van der Waals surface area contributed by atoms with Gasteiger partial charge in [0.2, 0.25) is 0 Å². The van der Waals surface area contributed by atoms with E-state index in [-0.39, 0.29) is 36.2 Å². The molecule has 0 bridgehead atoms. The Labute approximate surface area is 333 Å². The van der Waals surface area contributed by atoms with E-state index in [0.717, 1.165) is 57.8 Å². The van der Waals surface area contributed by atoms with Crippen molar-refractivity contribution in [1.82, 2.24) is 0 Å². The van der Waals surface area contributed by atoms with Crippen LogP contribution in [0.2, 0.25) is 0 Å². The highest BCUT2D eigenvalue weighted by molar-refractivity contribution is 5.72. The average molecular weight is 767 g/mol. The molecule has 0 saturated heterocycles. The third kappa shape index (κ3) is 35.8. The van der Waals surface area contributed by atoms with E-state index in [4.69, 9.17) is 14.2 Å². The smallest absolute Gasteiger partial charge is 0.362 e. The molecular weight excluding hydrogens is 679 g/mol. The summed E-state index contributed by atoms with van der Waals surface area (Å²) in [6.07, 6.45) is 39.8. The van der Waals surface area contributed by atoms with Gasteiger partial charge >= 0.3 is 17.9 Å². The van der Waals surface area contributed by atoms with Crippen LogP contribution in [0.4, 0.5) is 0 Å². The summed E-state index contributed by atoms with van der Waals surface area (Å²) in [6, 6.07) is -0.611. The number of carbonyl (C=O) groups is 3. The van der Waals surface area contributed by atoms with Gasteiger partial charge in [0.25, 0.3) is 0 Å². The van der Waals surface area contributed by atoms with Crippen molar-refractivity contribution < 1.29 is 38.2 Å². The number of likely N-dealkylation sites (N-methyl/N-ethyl adjacent to an activating group) is 1. The summed E-state index contributed by atoms with van der Waals surface area (Å²) >= 11 is 0. The highest BCUT2D eigenvalue weighted by atomic mass is 16.6. The second-order valence-corrected chi connectivity index (χ2v) is 16.7. The fraction of sp³-hybridized carbons (Fsp3) is 0.891. The van der Waals surface area contributed by atoms with Crippen LogP contribution in [-0.2, 0) is 28.6 Å². The number of allylic oxidation sites excluding steroid dienone is 2. The molecule has 0 aliphatic carbocycles. The third-order valence-corrected chi connectivity index (χ3v) is 10.4. The Hall–Kier alpha value is -1.93. The highest BCUT2D eigenvalue weighted by Gasteiger charge is 2.31. The van der Waals surface area contributed by atoms with Crippen LogP contribution in [0.15, 0.2) is 12.2 Å². The summed E-state index contributed by atoms with van der Waals surface area (Å²) in [4.78, 5) is 36.9. The number of carboxylic acids is 1. The van der Waals surface area contributed by atoms with Crippen LogP contribution in [0.1, 0.15) is 213 Å². The SMILES string of the molecule is CCC/C=C\CCCCCCCC(=O)OC(COCCC(C(=O)O)[N+](C)(C)C)COC(=O)CCCCCCCCCCCCCCCCCCCCCC. The molecule has 0 saturated carbocycles. The minimum atomic E-state index is -0.874. The number of esters is 2. The molecule has 0 rings (SSSR count). The number of aliphatic carboxylic acids is 1. The quantitative estimate of drug-likeness (QED) is 0.0286.